The molecule has 0 aliphatic heterocycles. The van der Waals surface area contributed by atoms with Crippen molar-refractivity contribution < 1.29 is 14.8 Å². The maximum absolute atomic E-state index is 11.9. The van der Waals surface area contributed by atoms with Crippen LogP contribution in [0.5, 0.6) is 5.75 Å². The Morgan fingerprint density at radius 2 is 1.96 bits per heavy atom. The number of carbonyl (C=O) groups is 1. The molecule has 0 saturated carbocycles. The number of nitrogens with one attached hydrogen (secondary N) is 1. The normalized spacial score (nSPS) is 10.7. The van der Waals surface area contributed by atoms with Crippen LogP contribution in [-0.4, -0.2) is 22.2 Å². The van der Waals surface area contributed by atoms with Crippen LogP contribution in [-0.2, 0) is 0 Å². The first-order valence-corrected chi connectivity index (χ1v) is 6.90. The molecule has 0 heterocycles. The van der Waals surface area contributed by atoms with Crippen molar-refractivity contribution in [3.05, 3.63) is 67.7 Å². The lowest BCUT2D eigenvalue weighted by molar-refractivity contribution is -0.385. The van der Waals surface area contributed by atoms with E-state index in [2.05, 4.69) is 10.5 Å². The highest BCUT2D eigenvalue weighted by Gasteiger charge is 2.13. The predicted octanol–water partition coefficient (Wildman–Crippen LogP) is 3.37. The number of rotatable bonds is 4. The average molecular weight is 354 g/mol. The van der Waals surface area contributed by atoms with Crippen molar-refractivity contribution in [1.29, 1.82) is 0 Å². The molecule has 0 fully saturated rings. The van der Waals surface area contributed by atoms with Gasteiger partial charge in [-0.15, -0.1) is 0 Å². The van der Waals surface area contributed by atoms with E-state index in [1.807, 2.05) is 0 Å². The second-order valence-corrected chi connectivity index (χ2v) is 5.15. The quantitative estimate of drug-likeness (QED) is 0.499. The van der Waals surface area contributed by atoms with E-state index in [4.69, 9.17) is 23.2 Å². The summed E-state index contributed by atoms with van der Waals surface area (Å²) in [6.07, 6.45) is 1.21. The van der Waals surface area contributed by atoms with Gasteiger partial charge in [-0.1, -0.05) is 23.2 Å². The van der Waals surface area contributed by atoms with E-state index in [0.717, 1.165) is 6.07 Å². The van der Waals surface area contributed by atoms with Crippen molar-refractivity contribution >= 4 is 41.0 Å². The van der Waals surface area contributed by atoms with Crippen molar-refractivity contribution in [3.8, 4) is 5.75 Å². The van der Waals surface area contributed by atoms with Gasteiger partial charge in [0, 0.05) is 17.2 Å². The molecule has 2 aromatic carbocycles. The van der Waals surface area contributed by atoms with Crippen LogP contribution in [0.4, 0.5) is 5.69 Å². The van der Waals surface area contributed by atoms with Gasteiger partial charge in [0.25, 0.3) is 5.91 Å². The zero-order valence-electron chi connectivity index (χ0n) is 11.4. The number of amides is 1. The van der Waals surface area contributed by atoms with Crippen LogP contribution in [0.15, 0.2) is 41.5 Å². The molecule has 0 unspecified atom stereocenters. The zero-order valence-corrected chi connectivity index (χ0v) is 12.9. The van der Waals surface area contributed by atoms with Gasteiger partial charge in [0.1, 0.15) is 0 Å². The van der Waals surface area contributed by atoms with Crippen LogP contribution in [0.3, 0.4) is 0 Å². The molecule has 2 N–H and O–H groups in total. The highest BCUT2D eigenvalue weighted by atomic mass is 35.5. The number of nitrogens with zero attached hydrogens (tertiary/aromatic N) is 2. The molecule has 0 bridgehead atoms. The molecule has 9 heteroatoms. The molecule has 0 aromatic heterocycles. The minimum absolute atomic E-state index is 0.234. The van der Waals surface area contributed by atoms with Crippen LogP contribution in [0, 0.1) is 10.1 Å². The van der Waals surface area contributed by atoms with Gasteiger partial charge in [-0.3, -0.25) is 14.9 Å². The zero-order chi connectivity index (χ0) is 17.0. The average Bonchev–Trinajstić information content (AvgIpc) is 2.51. The fourth-order valence-electron chi connectivity index (χ4n) is 1.63. The summed E-state index contributed by atoms with van der Waals surface area (Å²) >= 11 is 11.6. The number of hydrazone groups is 1. The molecule has 0 atom stereocenters. The SMILES string of the molecule is O=C(N/N=C\c1ccc(O)c([N+](=O)[O-])c1)c1ccc(Cl)c(Cl)c1. The Kier molecular flexibility index (Phi) is 5.15. The fraction of sp³-hybridized carbons (Fsp3) is 0. The van der Waals surface area contributed by atoms with Gasteiger partial charge in [0.2, 0.25) is 0 Å². The predicted molar refractivity (Wildman–Crippen MR) is 86.3 cm³/mol. The number of aromatic hydroxyl groups is 1. The van der Waals surface area contributed by atoms with Crippen LogP contribution in [0.2, 0.25) is 10.0 Å². The van der Waals surface area contributed by atoms with E-state index < -0.39 is 22.3 Å². The molecule has 0 aliphatic rings. The number of halogens is 2. The number of benzene rings is 2. The molecule has 0 saturated heterocycles. The standard InChI is InChI=1S/C14H9Cl2N3O4/c15-10-3-2-9(6-11(10)16)14(21)18-17-7-8-1-4-13(20)12(5-8)19(22)23/h1-7,20H,(H,18,21)/b17-7-. The third-order valence-electron chi connectivity index (χ3n) is 2.76. The topological polar surface area (TPSA) is 105 Å². The van der Waals surface area contributed by atoms with E-state index in [-0.39, 0.29) is 10.6 Å². The lowest BCUT2D eigenvalue weighted by Gasteiger charge is -2.02. The molecule has 0 aliphatic carbocycles. The van der Waals surface area contributed by atoms with Crippen molar-refractivity contribution in [2.45, 2.75) is 0 Å². The summed E-state index contributed by atoms with van der Waals surface area (Å²) < 4.78 is 0. The summed E-state index contributed by atoms with van der Waals surface area (Å²) in [5.74, 6) is -0.972. The molecule has 1 amide bonds. The Labute approximate surface area is 140 Å². The second-order valence-electron chi connectivity index (χ2n) is 4.33. The molecule has 118 valence electrons. The fourth-order valence-corrected chi connectivity index (χ4v) is 1.93. The molecule has 0 spiro atoms. The van der Waals surface area contributed by atoms with E-state index in [9.17, 15) is 20.0 Å². The first-order chi connectivity index (χ1) is 10.9. The Morgan fingerprint density at radius 1 is 1.22 bits per heavy atom. The van der Waals surface area contributed by atoms with Crippen molar-refractivity contribution in [2.24, 2.45) is 5.10 Å². The molecule has 0 radical (unpaired) electrons. The first kappa shape index (κ1) is 16.7. The summed E-state index contributed by atoms with van der Waals surface area (Å²) in [5.41, 5.74) is 2.39. The molecule has 7 nitrogen and oxygen atoms in total. The highest BCUT2D eigenvalue weighted by molar-refractivity contribution is 6.42. The number of nitro benzene ring substituents is 1. The minimum Gasteiger partial charge on any atom is -0.502 e. The molecule has 2 aromatic rings. The largest absolute Gasteiger partial charge is 0.502 e. The van der Waals surface area contributed by atoms with Gasteiger partial charge in [0.05, 0.1) is 21.2 Å². The smallest absolute Gasteiger partial charge is 0.311 e. The van der Waals surface area contributed by atoms with Gasteiger partial charge in [0.15, 0.2) is 5.75 Å². The maximum atomic E-state index is 11.9. The van der Waals surface area contributed by atoms with Gasteiger partial charge >= 0.3 is 5.69 Å². The summed E-state index contributed by atoms with van der Waals surface area (Å²) in [5, 5.41) is 24.3. The highest BCUT2D eigenvalue weighted by Crippen LogP contribution is 2.25. The van der Waals surface area contributed by atoms with Crippen molar-refractivity contribution in [1.82, 2.24) is 5.43 Å². The molecular weight excluding hydrogens is 345 g/mol. The summed E-state index contributed by atoms with van der Waals surface area (Å²) in [6, 6.07) is 8.05. The van der Waals surface area contributed by atoms with E-state index in [1.165, 1.54) is 36.5 Å². The lowest BCUT2D eigenvalue weighted by Crippen LogP contribution is -2.17. The van der Waals surface area contributed by atoms with Crippen LogP contribution in [0.1, 0.15) is 15.9 Å². The Morgan fingerprint density at radius 3 is 2.61 bits per heavy atom. The van der Waals surface area contributed by atoms with Gasteiger partial charge in [-0.05, 0) is 30.3 Å². The van der Waals surface area contributed by atoms with Crippen LogP contribution >= 0.6 is 23.2 Å². The Bertz CT molecular complexity index is 809. The van der Waals surface area contributed by atoms with Gasteiger partial charge < -0.3 is 5.11 Å². The summed E-state index contributed by atoms with van der Waals surface area (Å²) in [4.78, 5) is 21.8. The number of hydrogen-bond donors (Lipinski definition) is 2. The second kappa shape index (κ2) is 7.08. The molecular formula is C14H9Cl2N3O4. The van der Waals surface area contributed by atoms with Gasteiger partial charge in [-0.25, -0.2) is 5.43 Å². The number of nitro groups is 1. The molecule has 23 heavy (non-hydrogen) atoms. The number of phenols is 1. The first-order valence-electron chi connectivity index (χ1n) is 6.14. The van der Waals surface area contributed by atoms with Crippen molar-refractivity contribution in [3.63, 3.8) is 0 Å². The van der Waals surface area contributed by atoms with E-state index >= 15 is 0 Å². The third kappa shape index (κ3) is 4.18. The minimum atomic E-state index is -0.721. The molecule has 2 rings (SSSR count). The lowest BCUT2D eigenvalue weighted by atomic mass is 10.2. The maximum Gasteiger partial charge on any atom is 0.311 e. The third-order valence-corrected chi connectivity index (χ3v) is 3.50. The number of phenolic OH excluding ortho intramolecular Hbond substituents is 1. The van der Waals surface area contributed by atoms with Crippen LogP contribution < -0.4 is 5.43 Å². The Hall–Kier alpha value is -2.64. The monoisotopic (exact) mass is 353 g/mol. The summed E-state index contributed by atoms with van der Waals surface area (Å²) in [6.45, 7) is 0. The number of carbonyl (C=O) groups excluding carboxylic acids is 1. The van der Waals surface area contributed by atoms with Gasteiger partial charge in [-0.2, -0.15) is 5.10 Å². The number of hydrogen-bond acceptors (Lipinski definition) is 5. The van der Waals surface area contributed by atoms with E-state index in [0.29, 0.717) is 10.6 Å². The van der Waals surface area contributed by atoms with Crippen LogP contribution in [0.25, 0.3) is 0 Å². The Balaban J connectivity index is 2.09. The summed E-state index contributed by atoms with van der Waals surface area (Å²) in [7, 11) is 0. The van der Waals surface area contributed by atoms with E-state index in [1.54, 1.807) is 0 Å². The van der Waals surface area contributed by atoms with Crippen molar-refractivity contribution in [2.75, 3.05) is 0 Å².